The summed E-state index contributed by atoms with van der Waals surface area (Å²) >= 11 is 0. The number of fused-ring (bicyclic) bond motifs is 2. The van der Waals surface area contributed by atoms with Crippen LogP contribution in [0.5, 0.6) is 11.5 Å². The Labute approximate surface area is 306 Å². The van der Waals surface area contributed by atoms with Crippen molar-refractivity contribution in [3.8, 4) is 11.5 Å². The number of aliphatic hydroxyl groups excluding tert-OH is 2. The van der Waals surface area contributed by atoms with Gasteiger partial charge in [0.25, 0.3) is 26.3 Å². The molecule has 0 aliphatic rings. The molecule has 0 spiro atoms. The SMILES string of the molecule is Cc1ccc(N=Nc2c(S(=O)(=O)O)cc3cc(N=C(O)c4ccc(N=Nc5c(S(=O)(=O)O)cc6cc(NC(=N)O)ccc6c5O)cc4)ccc3c2O)cc1. The highest BCUT2D eigenvalue weighted by Crippen LogP contribution is 2.43. The maximum absolute atomic E-state index is 12.3. The van der Waals surface area contributed by atoms with Crippen molar-refractivity contribution in [2.45, 2.75) is 16.7 Å². The molecular weight excluding hydrogens is 743 g/mol. The number of aliphatic hydroxyl groups is 2. The fraction of sp³-hybridized carbons (Fsp3) is 0.0286. The van der Waals surface area contributed by atoms with Crippen molar-refractivity contribution in [1.29, 1.82) is 5.41 Å². The number of amidine groups is 1. The van der Waals surface area contributed by atoms with Gasteiger partial charge in [-0.25, -0.2) is 4.99 Å². The molecule has 0 atom stereocenters. The molecule has 0 heterocycles. The van der Waals surface area contributed by atoms with Gasteiger partial charge >= 0.3 is 0 Å². The molecule has 0 unspecified atom stereocenters. The summed E-state index contributed by atoms with van der Waals surface area (Å²) in [5.74, 6) is -1.66. The highest BCUT2D eigenvalue weighted by molar-refractivity contribution is 7.86. The van der Waals surface area contributed by atoms with Gasteiger partial charge < -0.3 is 25.7 Å². The van der Waals surface area contributed by atoms with Crippen LogP contribution in [-0.2, 0) is 20.2 Å². The molecule has 6 rings (SSSR count). The zero-order chi connectivity index (χ0) is 38.9. The molecule has 0 amide bonds. The normalized spacial score (nSPS) is 12.6. The predicted molar refractivity (Wildman–Crippen MR) is 200 cm³/mol. The minimum Gasteiger partial charge on any atom is -0.505 e. The summed E-state index contributed by atoms with van der Waals surface area (Å²) in [6, 6.07) is 22.0. The van der Waals surface area contributed by atoms with Crippen molar-refractivity contribution in [1.82, 2.24) is 0 Å². The number of rotatable bonds is 9. The topological polar surface area (TPSA) is 287 Å². The van der Waals surface area contributed by atoms with E-state index >= 15 is 0 Å². The molecule has 0 saturated carbocycles. The summed E-state index contributed by atoms with van der Waals surface area (Å²) in [6.45, 7) is 1.87. The lowest BCUT2D eigenvalue weighted by Crippen LogP contribution is -2.08. The first kappa shape index (κ1) is 37.0. The quantitative estimate of drug-likeness (QED) is 0.0298. The van der Waals surface area contributed by atoms with Gasteiger partial charge in [-0.1, -0.05) is 17.7 Å². The van der Waals surface area contributed by atoms with E-state index in [2.05, 4.69) is 30.8 Å². The number of phenolic OH excluding ortho intramolecular Hbond substituents is 2. The number of phenols is 2. The highest BCUT2D eigenvalue weighted by Gasteiger charge is 2.24. The number of aliphatic imine (C=N–C) groups is 1. The molecule has 0 bridgehead atoms. The molecule has 274 valence electrons. The van der Waals surface area contributed by atoms with Crippen LogP contribution in [0.15, 0.2) is 132 Å². The molecule has 17 nitrogen and oxygen atoms in total. The number of nitrogens with zero attached hydrogens (tertiary/aromatic N) is 5. The number of hydrogen-bond donors (Lipinski definition) is 8. The first-order valence-corrected chi connectivity index (χ1v) is 18.2. The Morgan fingerprint density at radius 1 is 0.611 bits per heavy atom. The third-order valence-electron chi connectivity index (χ3n) is 7.83. The Balaban J connectivity index is 1.28. The Morgan fingerprint density at radius 2 is 1.07 bits per heavy atom. The minimum atomic E-state index is -4.92. The second-order valence-corrected chi connectivity index (χ2v) is 14.4. The number of anilines is 1. The Hall–Kier alpha value is -6.80. The van der Waals surface area contributed by atoms with Crippen LogP contribution < -0.4 is 5.32 Å². The van der Waals surface area contributed by atoms with E-state index in [-0.39, 0.29) is 44.2 Å². The molecule has 6 aromatic rings. The van der Waals surface area contributed by atoms with Crippen LogP contribution in [0.1, 0.15) is 11.1 Å². The Bertz CT molecular complexity index is 2810. The van der Waals surface area contributed by atoms with Gasteiger partial charge in [0, 0.05) is 22.0 Å². The molecule has 0 aliphatic carbocycles. The fourth-order valence-electron chi connectivity index (χ4n) is 5.25. The van der Waals surface area contributed by atoms with E-state index in [1.165, 1.54) is 60.7 Å². The molecule has 0 aliphatic heterocycles. The van der Waals surface area contributed by atoms with E-state index in [9.17, 15) is 46.4 Å². The number of azo groups is 2. The number of benzene rings is 6. The number of aryl methyl sites for hydroxylation is 1. The summed E-state index contributed by atoms with van der Waals surface area (Å²) in [7, 11) is -9.80. The molecule has 6 aromatic carbocycles. The van der Waals surface area contributed by atoms with E-state index < -0.39 is 64.8 Å². The lowest BCUT2D eigenvalue weighted by atomic mass is 10.1. The van der Waals surface area contributed by atoms with Crippen LogP contribution >= 0.6 is 0 Å². The van der Waals surface area contributed by atoms with Gasteiger partial charge in [-0.15, -0.1) is 10.2 Å². The van der Waals surface area contributed by atoms with Gasteiger partial charge in [0.2, 0.25) is 5.90 Å². The summed E-state index contributed by atoms with van der Waals surface area (Å²) in [5, 5.41) is 67.5. The van der Waals surface area contributed by atoms with Crippen LogP contribution in [0.3, 0.4) is 0 Å². The largest absolute Gasteiger partial charge is 0.505 e. The third kappa shape index (κ3) is 7.98. The molecule has 0 aromatic heterocycles. The standard InChI is InChI=1S/C35H27N7O10S2/c1-18-2-6-22(7-3-18)39-41-30-28(53(47,48)49)16-20-14-24(10-12-26(20)32(30)43)37-34(45)19-4-8-23(9-5-19)40-42-31-29(54(50,51)52)17-21-15-25(38-35(36)46)11-13-27(21)33(31)44/h2-17,43-44H,1H3,(H,37,45)(H3,36,38,46)(H,47,48,49)(H,50,51,52). The van der Waals surface area contributed by atoms with E-state index in [1.54, 1.807) is 24.3 Å². The smallest absolute Gasteiger partial charge is 0.296 e. The summed E-state index contributed by atoms with van der Waals surface area (Å²) in [6.07, 6.45) is 0. The van der Waals surface area contributed by atoms with Crippen LogP contribution in [0, 0.1) is 12.3 Å². The molecule has 0 radical (unpaired) electrons. The molecule has 54 heavy (non-hydrogen) atoms. The first-order chi connectivity index (χ1) is 25.5. The van der Waals surface area contributed by atoms with Gasteiger partial charge in [0.1, 0.15) is 21.2 Å². The van der Waals surface area contributed by atoms with Crippen molar-refractivity contribution in [3.05, 3.63) is 108 Å². The summed E-state index contributed by atoms with van der Waals surface area (Å²) < 4.78 is 68.7. The van der Waals surface area contributed by atoms with Crippen molar-refractivity contribution >= 4 is 87.8 Å². The lowest BCUT2D eigenvalue weighted by molar-refractivity contribution is 0.471. The van der Waals surface area contributed by atoms with E-state index in [0.29, 0.717) is 5.69 Å². The highest BCUT2D eigenvalue weighted by atomic mass is 32.2. The van der Waals surface area contributed by atoms with Crippen molar-refractivity contribution in [2.24, 2.45) is 25.4 Å². The van der Waals surface area contributed by atoms with Crippen LogP contribution in [0.4, 0.5) is 34.1 Å². The Morgan fingerprint density at radius 3 is 1.57 bits per heavy atom. The molecule has 0 saturated heterocycles. The monoisotopic (exact) mass is 769 g/mol. The number of hydrogen-bond acceptors (Lipinski definition) is 12. The second kappa shape index (κ2) is 14.3. The van der Waals surface area contributed by atoms with E-state index in [1.807, 2.05) is 6.92 Å². The Kier molecular flexibility index (Phi) is 9.80. The van der Waals surface area contributed by atoms with Crippen molar-refractivity contribution in [3.63, 3.8) is 0 Å². The van der Waals surface area contributed by atoms with Crippen LogP contribution in [0.2, 0.25) is 0 Å². The van der Waals surface area contributed by atoms with Crippen LogP contribution in [-0.4, -0.2) is 58.3 Å². The van der Waals surface area contributed by atoms with Crippen molar-refractivity contribution in [2.75, 3.05) is 5.32 Å². The zero-order valence-corrected chi connectivity index (χ0v) is 29.2. The third-order valence-corrected chi connectivity index (χ3v) is 9.56. The molecule has 8 N–H and O–H groups in total. The van der Waals surface area contributed by atoms with Gasteiger partial charge in [0.05, 0.1) is 17.1 Å². The van der Waals surface area contributed by atoms with E-state index in [0.717, 1.165) is 17.7 Å². The molecule has 0 fully saturated rings. The number of nitrogens with one attached hydrogen (secondary N) is 2. The predicted octanol–water partition coefficient (Wildman–Crippen LogP) is 8.58. The maximum Gasteiger partial charge on any atom is 0.296 e. The van der Waals surface area contributed by atoms with Gasteiger partial charge in [-0.2, -0.15) is 27.1 Å². The molecule has 19 heteroatoms. The summed E-state index contributed by atoms with van der Waals surface area (Å²) in [5.41, 5.74) is 0.982. The number of aromatic hydroxyl groups is 2. The zero-order valence-electron chi connectivity index (χ0n) is 27.6. The average Bonchev–Trinajstić information content (AvgIpc) is 3.10. The first-order valence-electron chi connectivity index (χ1n) is 15.3. The van der Waals surface area contributed by atoms with Gasteiger partial charge in [0.15, 0.2) is 11.5 Å². The fourth-order valence-corrected chi connectivity index (χ4v) is 6.57. The molecular formula is C35H27N7O10S2. The maximum atomic E-state index is 12.3. The minimum absolute atomic E-state index is 0.130. The van der Waals surface area contributed by atoms with Crippen molar-refractivity contribution < 1.29 is 46.4 Å². The second-order valence-electron chi connectivity index (χ2n) is 11.6. The van der Waals surface area contributed by atoms with Crippen LogP contribution in [0.25, 0.3) is 21.5 Å². The summed E-state index contributed by atoms with van der Waals surface area (Å²) in [4.78, 5) is 2.69. The van der Waals surface area contributed by atoms with Gasteiger partial charge in [-0.05, 0) is 103 Å². The van der Waals surface area contributed by atoms with Gasteiger partial charge in [-0.3, -0.25) is 14.5 Å². The average molecular weight is 770 g/mol. The lowest BCUT2D eigenvalue weighted by Gasteiger charge is -2.10. The van der Waals surface area contributed by atoms with E-state index in [4.69, 9.17) is 5.41 Å².